The SMILES string of the molecule is COc1ccc(CN2CCc3c(nc(-c4ccco4)[nH]c3=O)C2)c(Cl)c1O. The van der Waals surface area contributed by atoms with E-state index in [9.17, 15) is 9.90 Å². The van der Waals surface area contributed by atoms with Crippen molar-refractivity contribution in [3.63, 3.8) is 0 Å². The van der Waals surface area contributed by atoms with Crippen LogP contribution < -0.4 is 10.3 Å². The summed E-state index contributed by atoms with van der Waals surface area (Å²) < 4.78 is 10.4. The molecule has 0 unspecified atom stereocenters. The molecular weight excluding hydrogens is 370 g/mol. The highest BCUT2D eigenvalue weighted by Gasteiger charge is 2.23. The van der Waals surface area contributed by atoms with Crippen molar-refractivity contribution < 1.29 is 14.3 Å². The average molecular weight is 388 g/mol. The monoisotopic (exact) mass is 387 g/mol. The van der Waals surface area contributed by atoms with Gasteiger partial charge in [-0.25, -0.2) is 4.98 Å². The lowest BCUT2D eigenvalue weighted by molar-refractivity contribution is 0.240. The quantitative estimate of drug-likeness (QED) is 0.715. The molecule has 2 aromatic heterocycles. The third-order valence-corrected chi connectivity index (χ3v) is 5.10. The van der Waals surface area contributed by atoms with E-state index in [-0.39, 0.29) is 16.3 Å². The summed E-state index contributed by atoms with van der Waals surface area (Å²) in [6, 6.07) is 7.02. The second-order valence-electron chi connectivity index (χ2n) is 6.37. The number of fused-ring (bicyclic) bond motifs is 1. The summed E-state index contributed by atoms with van der Waals surface area (Å²) in [5.74, 6) is 1.22. The number of halogens is 1. The topological polar surface area (TPSA) is 91.6 Å². The first-order valence-electron chi connectivity index (χ1n) is 8.49. The van der Waals surface area contributed by atoms with E-state index in [1.165, 1.54) is 7.11 Å². The standard InChI is InChI=1S/C19H18ClN3O4/c1-26-14-5-4-11(16(20)17(14)24)9-23-7-6-12-13(10-23)21-18(22-19(12)25)15-3-2-8-27-15/h2-5,8,24H,6-7,9-10H2,1H3,(H,21,22,25). The van der Waals surface area contributed by atoms with Crippen LogP contribution in [-0.2, 0) is 19.5 Å². The number of nitrogens with one attached hydrogen (secondary N) is 1. The minimum absolute atomic E-state index is 0.0660. The molecule has 0 amide bonds. The number of benzene rings is 1. The number of aromatic hydroxyl groups is 1. The number of hydrogen-bond donors (Lipinski definition) is 2. The van der Waals surface area contributed by atoms with Gasteiger partial charge in [-0.3, -0.25) is 9.69 Å². The number of aromatic amines is 1. The van der Waals surface area contributed by atoms with Crippen molar-refractivity contribution in [2.75, 3.05) is 13.7 Å². The summed E-state index contributed by atoms with van der Waals surface area (Å²) >= 11 is 6.27. The number of rotatable bonds is 4. The summed E-state index contributed by atoms with van der Waals surface area (Å²) in [5, 5.41) is 10.4. The van der Waals surface area contributed by atoms with Gasteiger partial charge in [-0.05, 0) is 30.2 Å². The number of methoxy groups -OCH3 is 1. The van der Waals surface area contributed by atoms with E-state index in [0.717, 1.165) is 11.3 Å². The zero-order chi connectivity index (χ0) is 19.0. The van der Waals surface area contributed by atoms with Gasteiger partial charge in [0.25, 0.3) is 5.56 Å². The lowest BCUT2D eigenvalue weighted by atomic mass is 10.1. The van der Waals surface area contributed by atoms with Gasteiger partial charge in [0.2, 0.25) is 0 Å². The molecule has 0 atom stereocenters. The van der Waals surface area contributed by atoms with E-state index < -0.39 is 0 Å². The Hall–Kier alpha value is -2.77. The van der Waals surface area contributed by atoms with E-state index >= 15 is 0 Å². The summed E-state index contributed by atoms with van der Waals surface area (Å²) in [4.78, 5) is 21.9. The van der Waals surface area contributed by atoms with Gasteiger partial charge < -0.3 is 19.2 Å². The molecule has 0 bridgehead atoms. The minimum atomic E-state index is -0.133. The van der Waals surface area contributed by atoms with Crippen molar-refractivity contribution in [3.05, 3.63) is 62.7 Å². The fraction of sp³-hybridized carbons (Fsp3) is 0.263. The van der Waals surface area contributed by atoms with Crippen LogP contribution in [0.15, 0.2) is 39.7 Å². The molecule has 0 saturated heterocycles. The van der Waals surface area contributed by atoms with Crippen LogP contribution in [-0.4, -0.2) is 33.6 Å². The maximum atomic E-state index is 12.4. The normalized spacial score (nSPS) is 14.1. The number of furan rings is 1. The molecule has 2 N–H and O–H groups in total. The Balaban J connectivity index is 1.60. The largest absolute Gasteiger partial charge is 0.503 e. The van der Waals surface area contributed by atoms with Gasteiger partial charge in [0.1, 0.15) is 0 Å². The molecule has 8 heteroatoms. The highest BCUT2D eigenvalue weighted by atomic mass is 35.5. The molecule has 140 valence electrons. The second kappa shape index (κ2) is 7.09. The molecule has 3 aromatic rings. The Morgan fingerprint density at radius 1 is 1.41 bits per heavy atom. The molecule has 0 radical (unpaired) electrons. The van der Waals surface area contributed by atoms with Gasteiger partial charge in [-0.15, -0.1) is 0 Å². The third-order valence-electron chi connectivity index (χ3n) is 4.68. The van der Waals surface area contributed by atoms with Gasteiger partial charge >= 0.3 is 0 Å². The average Bonchev–Trinajstić information content (AvgIpc) is 3.20. The van der Waals surface area contributed by atoms with Gasteiger partial charge in [0.15, 0.2) is 23.1 Å². The Bertz CT molecular complexity index is 1030. The summed E-state index contributed by atoms with van der Waals surface area (Å²) in [7, 11) is 1.48. The minimum Gasteiger partial charge on any atom is -0.503 e. The van der Waals surface area contributed by atoms with Gasteiger partial charge in [-0.1, -0.05) is 17.7 Å². The molecule has 1 aromatic carbocycles. The fourth-order valence-electron chi connectivity index (χ4n) is 3.28. The van der Waals surface area contributed by atoms with E-state index in [1.54, 1.807) is 24.5 Å². The summed E-state index contributed by atoms with van der Waals surface area (Å²) in [6.45, 7) is 1.73. The third kappa shape index (κ3) is 3.31. The first-order valence-corrected chi connectivity index (χ1v) is 8.87. The highest BCUT2D eigenvalue weighted by molar-refractivity contribution is 6.33. The van der Waals surface area contributed by atoms with E-state index in [1.807, 2.05) is 6.07 Å². The molecule has 3 heterocycles. The number of H-pyrrole nitrogens is 1. The number of phenolic OH excluding ortho intramolecular Hbond substituents is 1. The van der Waals surface area contributed by atoms with Crippen molar-refractivity contribution in [1.29, 1.82) is 0 Å². The highest BCUT2D eigenvalue weighted by Crippen LogP contribution is 2.37. The number of hydrogen-bond acceptors (Lipinski definition) is 6. The molecule has 4 rings (SSSR count). The number of aromatic nitrogens is 2. The lowest BCUT2D eigenvalue weighted by Gasteiger charge is -2.28. The Morgan fingerprint density at radius 3 is 3.00 bits per heavy atom. The van der Waals surface area contributed by atoms with E-state index in [0.29, 0.717) is 49.0 Å². The molecule has 7 nitrogen and oxygen atoms in total. The molecule has 1 aliphatic heterocycles. The first-order chi connectivity index (χ1) is 13.1. The smallest absolute Gasteiger partial charge is 0.254 e. The van der Waals surface area contributed by atoms with Crippen molar-refractivity contribution >= 4 is 11.6 Å². The molecule has 1 aliphatic rings. The van der Waals surface area contributed by atoms with Gasteiger partial charge in [0.05, 0.1) is 24.1 Å². The zero-order valence-electron chi connectivity index (χ0n) is 14.7. The molecule has 0 saturated carbocycles. The summed E-state index contributed by atoms with van der Waals surface area (Å²) in [6.07, 6.45) is 2.13. The molecular formula is C19H18ClN3O4. The number of phenols is 1. The first kappa shape index (κ1) is 17.6. The Labute approximate surface area is 160 Å². The van der Waals surface area contributed by atoms with Crippen LogP contribution in [0.5, 0.6) is 11.5 Å². The van der Waals surface area contributed by atoms with Crippen LogP contribution in [0, 0.1) is 0 Å². The maximum absolute atomic E-state index is 12.4. The van der Waals surface area contributed by atoms with Crippen LogP contribution in [0.1, 0.15) is 16.8 Å². The van der Waals surface area contributed by atoms with Gasteiger partial charge in [-0.2, -0.15) is 0 Å². The number of nitrogens with zero attached hydrogens (tertiary/aromatic N) is 2. The van der Waals surface area contributed by atoms with Gasteiger partial charge in [0, 0.05) is 25.2 Å². The van der Waals surface area contributed by atoms with E-state index in [4.69, 9.17) is 20.8 Å². The van der Waals surface area contributed by atoms with Crippen LogP contribution >= 0.6 is 11.6 Å². The predicted octanol–water partition coefficient (Wildman–Crippen LogP) is 2.96. The maximum Gasteiger partial charge on any atom is 0.254 e. The predicted molar refractivity (Wildman–Crippen MR) is 100 cm³/mol. The van der Waals surface area contributed by atoms with Crippen molar-refractivity contribution in [3.8, 4) is 23.1 Å². The van der Waals surface area contributed by atoms with Crippen molar-refractivity contribution in [2.45, 2.75) is 19.5 Å². The fourth-order valence-corrected chi connectivity index (χ4v) is 3.49. The second-order valence-corrected chi connectivity index (χ2v) is 6.75. The lowest BCUT2D eigenvalue weighted by Crippen LogP contribution is -2.35. The van der Waals surface area contributed by atoms with Crippen LogP contribution in [0.2, 0.25) is 5.02 Å². The molecule has 0 aliphatic carbocycles. The Morgan fingerprint density at radius 2 is 2.26 bits per heavy atom. The summed E-state index contributed by atoms with van der Waals surface area (Å²) in [5.41, 5.74) is 2.08. The molecule has 27 heavy (non-hydrogen) atoms. The van der Waals surface area contributed by atoms with Crippen molar-refractivity contribution in [1.82, 2.24) is 14.9 Å². The van der Waals surface area contributed by atoms with E-state index in [2.05, 4.69) is 14.9 Å². The molecule has 0 fully saturated rings. The van der Waals surface area contributed by atoms with Crippen LogP contribution in [0.3, 0.4) is 0 Å². The van der Waals surface area contributed by atoms with Crippen LogP contribution in [0.4, 0.5) is 0 Å². The van der Waals surface area contributed by atoms with Crippen molar-refractivity contribution in [2.24, 2.45) is 0 Å². The Kier molecular flexibility index (Phi) is 4.63. The molecule has 0 spiro atoms. The van der Waals surface area contributed by atoms with Crippen LogP contribution in [0.25, 0.3) is 11.6 Å². The number of ether oxygens (including phenoxy) is 1. The zero-order valence-corrected chi connectivity index (χ0v) is 15.4.